The van der Waals surface area contributed by atoms with Crippen LogP contribution in [0.5, 0.6) is 0 Å². The lowest BCUT2D eigenvalue weighted by molar-refractivity contribution is 0.451. The highest BCUT2D eigenvalue weighted by Gasteiger charge is 2.13. The molecule has 110 valence electrons. The van der Waals surface area contributed by atoms with Crippen LogP contribution in [0.25, 0.3) is 0 Å². The van der Waals surface area contributed by atoms with Crippen molar-refractivity contribution in [1.82, 2.24) is 20.2 Å². The predicted octanol–water partition coefficient (Wildman–Crippen LogP) is 1.70. The van der Waals surface area contributed by atoms with Crippen LogP contribution < -0.4 is 11.3 Å². The quantitative estimate of drug-likeness (QED) is 0.534. The molecule has 1 rings (SSSR count). The van der Waals surface area contributed by atoms with E-state index in [0.29, 0.717) is 11.8 Å². The van der Waals surface area contributed by atoms with Gasteiger partial charge in [-0.05, 0) is 17.6 Å². The number of hydrogen-bond donors (Lipinski definition) is 2. The number of hydrogen-bond acceptors (Lipinski definition) is 5. The van der Waals surface area contributed by atoms with Crippen molar-refractivity contribution in [1.29, 1.82) is 0 Å². The first-order chi connectivity index (χ1) is 9.02. The van der Waals surface area contributed by atoms with Crippen molar-refractivity contribution >= 4 is 11.8 Å². The van der Waals surface area contributed by atoms with Crippen molar-refractivity contribution in [3.05, 3.63) is 12.2 Å². The molecule has 5 nitrogen and oxygen atoms in total. The molecule has 0 aliphatic heterocycles. The van der Waals surface area contributed by atoms with E-state index in [1.807, 2.05) is 16.4 Å². The topological polar surface area (TPSA) is 68.8 Å². The molecule has 1 aromatic rings. The van der Waals surface area contributed by atoms with Crippen molar-refractivity contribution in [2.75, 3.05) is 11.5 Å². The molecule has 0 aromatic carbocycles. The summed E-state index contributed by atoms with van der Waals surface area (Å²) in [4.78, 5) is 4.35. The van der Waals surface area contributed by atoms with Crippen LogP contribution in [0.1, 0.15) is 33.5 Å². The first kappa shape index (κ1) is 16.5. The third-order valence-electron chi connectivity index (χ3n) is 2.67. The summed E-state index contributed by atoms with van der Waals surface area (Å²) in [5.41, 5.74) is 2.89. The second-order valence-electron chi connectivity index (χ2n) is 5.75. The molecule has 0 saturated heterocycles. The van der Waals surface area contributed by atoms with E-state index in [1.165, 1.54) is 0 Å². The Balaban J connectivity index is 2.48. The summed E-state index contributed by atoms with van der Waals surface area (Å²) in [5.74, 6) is 10.1. The summed E-state index contributed by atoms with van der Waals surface area (Å²) in [5, 5.41) is 4.28. The van der Waals surface area contributed by atoms with Gasteiger partial charge in [0.15, 0.2) is 0 Å². The van der Waals surface area contributed by atoms with E-state index in [-0.39, 0.29) is 6.04 Å². The fourth-order valence-electron chi connectivity index (χ4n) is 1.78. The number of nitrogens with zero attached hydrogens (tertiary/aromatic N) is 3. The van der Waals surface area contributed by atoms with Gasteiger partial charge in [-0.15, -0.1) is 0 Å². The molecule has 0 saturated carbocycles. The van der Waals surface area contributed by atoms with Gasteiger partial charge >= 0.3 is 0 Å². The predicted molar refractivity (Wildman–Crippen MR) is 81.8 cm³/mol. The van der Waals surface area contributed by atoms with Crippen molar-refractivity contribution in [2.45, 2.75) is 46.7 Å². The zero-order valence-corrected chi connectivity index (χ0v) is 13.3. The lowest BCUT2D eigenvalue weighted by Crippen LogP contribution is -2.39. The molecule has 1 atom stereocenters. The van der Waals surface area contributed by atoms with Gasteiger partial charge in [-0.1, -0.05) is 27.7 Å². The highest BCUT2D eigenvalue weighted by molar-refractivity contribution is 7.99. The highest BCUT2D eigenvalue weighted by atomic mass is 32.2. The van der Waals surface area contributed by atoms with Crippen LogP contribution in [-0.4, -0.2) is 32.3 Å². The highest BCUT2D eigenvalue weighted by Crippen LogP contribution is 2.11. The normalized spacial score (nSPS) is 13.4. The molecule has 6 heteroatoms. The van der Waals surface area contributed by atoms with Gasteiger partial charge in [0, 0.05) is 24.8 Å². The number of hydrazine groups is 1. The van der Waals surface area contributed by atoms with Crippen molar-refractivity contribution in [3.8, 4) is 0 Å². The fraction of sp³-hybridized carbons (Fsp3) is 0.846. The van der Waals surface area contributed by atoms with Gasteiger partial charge in [-0.25, -0.2) is 9.67 Å². The summed E-state index contributed by atoms with van der Waals surface area (Å²) in [6.07, 6.45) is 2.46. The molecular weight excluding hydrogens is 258 g/mol. The molecule has 0 radical (unpaired) electrons. The van der Waals surface area contributed by atoms with Crippen molar-refractivity contribution < 1.29 is 0 Å². The van der Waals surface area contributed by atoms with Crippen LogP contribution in [0.15, 0.2) is 6.33 Å². The molecule has 0 bridgehead atoms. The monoisotopic (exact) mass is 285 g/mol. The minimum Gasteiger partial charge on any atom is -0.271 e. The van der Waals surface area contributed by atoms with Crippen LogP contribution in [0.4, 0.5) is 0 Å². The molecule has 1 unspecified atom stereocenters. The number of rotatable bonds is 9. The van der Waals surface area contributed by atoms with Crippen LogP contribution in [0, 0.1) is 11.8 Å². The Morgan fingerprint density at radius 2 is 2.00 bits per heavy atom. The standard InChI is InChI=1S/C13H27N5S/c1-10(2)6-18-13(15-9-16-18)5-12(17-14)8-19-7-11(3)4/h9-12,17H,5-8,14H2,1-4H3. The van der Waals surface area contributed by atoms with Crippen molar-refractivity contribution in [3.63, 3.8) is 0 Å². The van der Waals surface area contributed by atoms with Crippen LogP contribution in [0.2, 0.25) is 0 Å². The molecule has 0 aliphatic carbocycles. The van der Waals surface area contributed by atoms with Crippen LogP contribution in [0.3, 0.4) is 0 Å². The molecule has 1 aromatic heterocycles. The molecule has 1 heterocycles. The Hall–Kier alpha value is -0.590. The zero-order valence-electron chi connectivity index (χ0n) is 12.5. The van der Waals surface area contributed by atoms with E-state index in [0.717, 1.165) is 30.3 Å². The molecular formula is C13H27N5S. The van der Waals surface area contributed by atoms with E-state index >= 15 is 0 Å². The third-order valence-corrected chi connectivity index (χ3v) is 4.21. The summed E-state index contributed by atoms with van der Waals surface area (Å²) in [6, 6.07) is 0.249. The van der Waals surface area contributed by atoms with E-state index in [1.54, 1.807) is 6.33 Å². The molecule has 0 fully saturated rings. The second kappa shape index (κ2) is 8.55. The van der Waals surface area contributed by atoms with E-state index in [9.17, 15) is 0 Å². The molecule has 3 N–H and O–H groups in total. The van der Waals surface area contributed by atoms with Gasteiger partial charge in [-0.2, -0.15) is 16.9 Å². The van der Waals surface area contributed by atoms with E-state index in [2.05, 4.69) is 43.2 Å². The molecule has 0 spiro atoms. The average Bonchev–Trinajstić information content (AvgIpc) is 2.74. The van der Waals surface area contributed by atoms with Gasteiger partial charge in [-0.3, -0.25) is 11.3 Å². The largest absolute Gasteiger partial charge is 0.271 e. The van der Waals surface area contributed by atoms with E-state index in [4.69, 9.17) is 5.84 Å². The molecule has 0 aliphatic rings. The lowest BCUT2D eigenvalue weighted by atomic mass is 10.2. The SMILES string of the molecule is CC(C)CSCC(Cc1ncnn1CC(C)C)NN. The summed E-state index contributed by atoms with van der Waals surface area (Å²) >= 11 is 1.94. The maximum absolute atomic E-state index is 5.64. The number of nitrogens with one attached hydrogen (secondary N) is 1. The maximum Gasteiger partial charge on any atom is 0.138 e. The van der Waals surface area contributed by atoms with Gasteiger partial charge in [0.2, 0.25) is 0 Å². The minimum atomic E-state index is 0.249. The van der Waals surface area contributed by atoms with Gasteiger partial charge < -0.3 is 0 Å². The summed E-state index contributed by atoms with van der Waals surface area (Å²) < 4.78 is 1.99. The fourth-order valence-corrected chi connectivity index (χ4v) is 2.88. The Morgan fingerprint density at radius 1 is 1.26 bits per heavy atom. The summed E-state index contributed by atoms with van der Waals surface area (Å²) in [7, 11) is 0. The van der Waals surface area contributed by atoms with Crippen LogP contribution >= 0.6 is 11.8 Å². The van der Waals surface area contributed by atoms with Gasteiger partial charge in [0.05, 0.1) is 0 Å². The number of nitrogens with two attached hydrogens (primary N) is 1. The first-order valence-corrected chi connectivity index (χ1v) is 8.09. The van der Waals surface area contributed by atoms with Gasteiger partial charge in [0.1, 0.15) is 12.2 Å². The summed E-state index contributed by atoms with van der Waals surface area (Å²) in [6.45, 7) is 9.74. The lowest BCUT2D eigenvalue weighted by Gasteiger charge is -2.16. The Labute approximate surface area is 120 Å². The van der Waals surface area contributed by atoms with Crippen LogP contribution in [-0.2, 0) is 13.0 Å². The van der Waals surface area contributed by atoms with Gasteiger partial charge in [0.25, 0.3) is 0 Å². The van der Waals surface area contributed by atoms with Crippen molar-refractivity contribution in [2.24, 2.45) is 17.7 Å². The Bertz CT molecular complexity index is 351. The zero-order chi connectivity index (χ0) is 14.3. The number of thioether (sulfide) groups is 1. The first-order valence-electron chi connectivity index (χ1n) is 6.93. The second-order valence-corrected chi connectivity index (χ2v) is 6.83. The Kier molecular flexibility index (Phi) is 7.41. The number of aromatic nitrogens is 3. The Morgan fingerprint density at radius 3 is 2.58 bits per heavy atom. The molecule has 0 amide bonds. The minimum absolute atomic E-state index is 0.249. The average molecular weight is 285 g/mol. The third kappa shape index (κ3) is 6.40. The smallest absolute Gasteiger partial charge is 0.138 e. The molecule has 19 heavy (non-hydrogen) atoms. The van der Waals surface area contributed by atoms with E-state index < -0.39 is 0 Å². The maximum atomic E-state index is 5.64.